The van der Waals surface area contributed by atoms with Crippen LogP contribution in [-0.4, -0.2) is 28.2 Å². The zero-order chi connectivity index (χ0) is 12.8. The summed E-state index contributed by atoms with van der Waals surface area (Å²) in [5.74, 6) is -0.135. The number of nitrogens with one attached hydrogen (secondary N) is 1. The number of thiol groups is 1. The van der Waals surface area contributed by atoms with Gasteiger partial charge in [-0.15, -0.1) is 12.6 Å². The third-order valence-electron chi connectivity index (χ3n) is 2.55. The Labute approximate surface area is 110 Å². The largest absolute Gasteiger partial charge is 0.352 e. The lowest BCUT2D eigenvalue weighted by atomic mass is 10.2. The molecule has 0 fully saturated rings. The predicted octanol–water partition coefficient (Wildman–Crippen LogP) is 1.86. The lowest BCUT2D eigenvalue weighted by Crippen LogP contribution is -2.27. The van der Waals surface area contributed by atoms with E-state index in [4.69, 9.17) is 0 Å². The minimum Gasteiger partial charge on any atom is -0.352 e. The first kappa shape index (κ1) is 14.3. The highest BCUT2D eigenvalue weighted by Crippen LogP contribution is 2.12. The molecule has 94 valence electrons. The summed E-state index contributed by atoms with van der Waals surface area (Å²) in [5.41, 5.74) is 0.570. The monoisotopic (exact) mass is 271 g/mol. The van der Waals surface area contributed by atoms with Crippen molar-refractivity contribution in [3.63, 3.8) is 0 Å². The van der Waals surface area contributed by atoms with Crippen LogP contribution in [0.1, 0.15) is 23.7 Å². The topological polar surface area (TPSA) is 46.2 Å². The van der Waals surface area contributed by atoms with E-state index in [1.165, 1.54) is 0 Å². The number of hydrogen-bond acceptors (Lipinski definition) is 3. The van der Waals surface area contributed by atoms with E-state index in [0.29, 0.717) is 23.4 Å². The van der Waals surface area contributed by atoms with Gasteiger partial charge in [-0.3, -0.25) is 9.00 Å². The van der Waals surface area contributed by atoms with Crippen molar-refractivity contribution in [1.29, 1.82) is 0 Å². The van der Waals surface area contributed by atoms with Crippen LogP contribution >= 0.6 is 12.6 Å². The second-order valence-electron chi connectivity index (χ2n) is 3.87. The average molecular weight is 271 g/mol. The molecule has 0 aliphatic heterocycles. The Morgan fingerprint density at radius 1 is 1.47 bits per heavy atom. The Bertz CT molecular complexity index is 421. The molecular formula is C12H17NO2S2. The highest BCUT2D eigenvalue weighted by molar-refractivity contribution is 7.84. The summed E-state index contributed by atoms with van der Waals surface area (Å²) in [6.07, 6.45) is 2.39. The summed E-state index contributed by atoms with van der Waals surface area (Å²) in [6.45, 7) is 2.44. The molecule has 0 aliphatic rings. The number of carbonyl (C=O) groups is 1. The highest BCUT2D eigenvalue weighted by Gasteiger charge is 2.10. The Hall–Kier alpha value is -0.810. The number of benzene rings is 1. The van der Waals surface area contributed by atoms with Crippen molar-refractivity contribution in [2.45, 2.75) is 23.5 Å². The fourth-order valence-electron chi connectivity index (χ4n) is 1.32. The lowest BCUT2D eigenvalue weighted by Gasteiger charge is -2.10. The third-order valence-corrected chi connectivity index (χ3v) is 4.31. The van der Waals surface area contributed by atoms with Gasteiger partial charge < -0.3 is 5.32 Å². The summed E-state index contributed by atoms with van der Waals surface area (Å²) < 4.78 is 11.1. The van der Waals surface area contributed by atoms with E-state index in [-0.39, 0.29) is 11.2 Å². The molecule has 5 heteroatoms. The van der Waals surface area contributed by atoms with Crippen LogP contribution in [0, 0.1) is 0 Å². The molecule has 1 aromatic carbocycles. The molecule has 3 nitrogen and oxygen atoms in total. The van der Waals surface area contributed by atoms with Gasteiger partial charge in [0, 0.05) is 33.7 Å². The molecule has 1 aromatic rings. The molecule has 0 saturated carbocycles. The summed E-state index contributed by atoms with van der Waals surface area (Å²) in [6, 6.07) is 7.15. The van der Waals surface area contributed by atoms with Crippen molar-refractivity contribution < 1.29 is 9.00 Å². The molecule has 0 radical (unpaired) electrons. The summed E-state index contributed by atoms with van der Waals surface area (Å²) in [7, 11) is -0.840. The van der Waals surface area contributed by atoms with Gasteiger partial charge in [-0.25, -0.2) is 0 Å². The molecule has 1 amide bonds. The number of carbonyl (C=O) groups excluding carboxylic acids is 1. The summed E-state index contributed by atoms with van der Waals surface area (Å²) >= 11 is 4.22. The molecule has 0 saturated heterocycles. The maximum atomic E-state index is 11.8. The van der Waals surface area contributed by atoms with Crippen LogP contribution in [0.3, 0.4) is 0 Å². The third kappa shape index (κ3) is 4.52. The first-order valence-corrected chi connectivity index (χ1v) is 7.47. The molecule has 0 heterocycles. The average Bonchev–Trinajstić information content (AvgIpc) is 2.29. The van der Waals surface area contributed by atoms with Crippen LogP contribution in [0.25, 0.3) is 0 Å². The second kappa shape index (κ2) is 6.81. The van der Waals surface area contributed by atoms with Gasteiger partial charge >= 0.3 is 0 Å². The van der Waals surface area contributed by atoms with E-state index in [1.54, 1.807) is 24.5 Å². The molecule has 0 spiro atoms. The van der Waals surface area contributed by atoms with Gasteiger partial charge in [0.25, 0.3) is 5.91 Å². The van der Waals surface area contributed by atoms with Crippen LogP contribution in [0.5, 0.6) is 0 Å². The Morgan fingerprint density at radius 3 is 2.71 bits per heavy atom. The molecule has 2 unspecified atom stereocenters. The van der Waals surface area contributed by atoms with E-state index in [0.717, 1.165) is 0 Å². The molecule has 0 aliphatic carbocycles. The van der Waals surface area contributed by atoms with Crippen molar-refractivity contribution in [3.8, 4) is 0 Å². The normalized spacial score (nSPS) is 14.1. The molecule has 1 N–H and O–H groups in total. The van der Waals surface area contributed by atoms with Crippen molar-refractivity contribution in [2.24, 2.45) is 0 Å². The first-order valence-electron chi connectivity index (χ1n) is 5.40. The van der Waals surface area contributed by atoms with E-state index >= 15 is 0 Å². The Morgan fingerprint density at radius 2 is 2.12 bits per heavy atom. The lowest BCUT2D eigenvalue weighted by molar-refractivity contribution is 0.0950. The van der Waals surface area contributed by atoms with Gasteiger partial charge in [-0.1, -0.05) is 19.1 Å². The number of amides is 1. The Kier molecular flexibility index (Phi) is 5.71. The van der Waals surface area contributed by atoms with E-state index in [2.05, 4.69) is 17.9 Å². The number of hydrogen-bond donors (Lipinski definition) is 2. The molecular weight excluding hydrogens is 254 g/mol. The van der Waals surface area contributed by atoms with Gasteiger partial charge in [0.05, 0.1) is 5.56 Å². The van der Waals surface area contributed by atoms with Gasteiger partial charge in [-0.05, 0) is 18.6 Å². The van der Waals surface area contributed by atoms with Crippen LogP contribution in [0.4, 0.5) is 0 Å². The quantitative estimate of drug-likeness (QED) is 0.803. The molecule has 2 atom stereocenters. The smallest absolute Gasteiger partial charge is 0.252 e. The van der Waals surface area contributed by atoms with Gasteiger partial charge in [0.15, 0.2) is 0 Å². The van der Waals surface area contributed by atoms with Crippen LogP contribution in [-0.2, 0) is 10.8 Å². The zero-order valence-corrected chi connectivity index (χ0v) is 11.7. The molecule has 1 rings (SSSR count). The van der Waals surface area contributed by atoms with Crippen molar-refractivity contribution in [1.82, 2.24) is 5.32 Å². The predicted molar refractivity (Wildman–Crippen MR) is 74.2 cm³/mol. The second-order valence-corrected chi connectivity index (χ2v) is 6.15. The first-order chi connectivity index (χ1) is 8.02. The van der Waals surface area contributed by atoms with E-state index in [1.807, 2.05) is 13.0 Å². The maximum Gasteiger partial charge on any atom is 0.252 e. The molecule has 0 aromatic heterocycles. The standard InChI is InChI=1S/C12H17NO2S2/c1-9(17(2)15)7-8-13-12(14)10-5-3-4-6-11(10)16/h3-6,9,16H,7-8H2,1-2H3,(H,13,14). The van der Waals surface area contributed by atoms with Gasteiger partial charge in [-0.2, -0.15) is 0 Å². The highest BCUT2D eigenvalue weighted by atomic mass is 32.2. The van der Waals surface area contributed by atoms with E-state index < -0.39 is 10.8 Å². The van der Waals surface area contributed by atoms with Crippen molar-refractivity contribution in [3.05, 3.63) is 29.8 Å². The number of rotatable bonds is 5. The zero-order valence-electron chi connectivity index (χ0n) is 9.97. The van der Waals surface area contributed by atoms with E-state index in [9.17, 15) is 9.00 Å². The van der Waals surface area contributed by atoms with Crippen LogP contribution in [0.15, 0.2) is 29.2 Å². The van der Waals surface area contributed by atoms with Crippen LogP contribution in [0.2, 0.25) is 0 Å². The summed E-state index contributed by atoms with van der Waals surface area (Å²) in [5, 5.41) is 2.90. The minimum atomic E-state index is -0.840. The SMILES string of the molecule is CC(CCNC(=O)c1ccccc1S)S(C)=O. The van der Waals surface area contributed by atoms with Crippen molar-refractivity contribution >= 4 is 29.3 Å². The Balaban J connectivity index is 2.46. The minimum absolute atomic E-state index is 0.0987. The fraction of sp³-hybridized carbons (Fsp3) is 0.417. The molecule has 0 bridgehead atoms. The van der Waals surface area contributed by atoms with Gasteiger partial charge in [0.1, 0.15) is 0 Å². The fourth-order valence-corrected chi connectivity index (χ4v) is 2.03. The van der Waals surface area contributed by atoms with Crippen LogP contribution < -0.4 is 5.32 Å². The van der Waals surface area contributed by atoms with Gasteiger partial charge in [0.2, 0.25) is 0 Å². The van der Waals surface area contributed by atoms with Crippen molar-refractivity contribution in [2.75, 3.05) is 12.8 Å². The molecule has 17 heavy (non-hydrogen) atoms. The maximum absolute atomic E-state index is 11.8. The summed E-state index contributed by atoms with van der Waals surface area (Å²) in [4.78, 5) is 12.4.